The van der Waals surface area contributed by atoms with Gasteiger partial charge in [-0.1, -0.05) is 20.3 Å². The van der Waals surface area contributed by atoms with Gasteiger partial charge in [-0.3, -0.25) is 4.90 Å². The van der Waals surface area contributed by atoms with Gasteiger partial charge in [0.25, 0.3) is 0 Å². The maximum absolute atomic E-state index is 3.40. The minimum Gasteiger partial charge on any atom is -0.316 e. The smallest absolute Gasteiger partial charge is 0.0192 e. The number of nitrogens with one attached hydrogen (secondary N) is 1. The van der Waals surface area contributed by atoms with E-state index >= 15 is 0 Å². The molecule has 0 bridgehead atoms. The Labute approximate surface area is 89.1 Å². The molecule has 14 heavy (non-hydrogen) atoms. The SMILES string of the molecule is CCC(C)C(C)N1CCCC(NC)C1. The molecule has 0 spiro atoms. The number of likely N-dealkylation sites (N-methyl/N-ethyl adjacent to an activating group) is 1. The van der Waals surface area contributed by atoms with Crippen molar-refractivity contribution in [1.82, 2.24) is 10.2 Å². The standard InChI is InChI=1S/C12H26N2/c1-5-10(2)11(3)14-8-6-7-12(9-14)13-4/h10-13H,5-9H2,1-4H3. The molecule has 0 amide bonds. The Kier molecular flexibility index (Phi) is 4.90. The Morgan fingerprint density at radius 3 is 2.71 bits per heavy atom. The molecule has 0 aromatic carbocycles. The lowest BCUT2D eigenvalue weighted by molar-refractivity contribution is 0.114. The Bertz CT molecular complexity index is 156. The minimum atomic E-state index is 0.718. The van der Waals surface area contributed by atoms with Crippen LogP contribution in [0, 0.1) is 5.92 Å². The van der Waals surface area contributed by atoms with Crippen molar-refractivity contribution >= 4 is 0 Å². The van der Waals surface area contributed by atoms with Gasteiger partial charge in [-0.15, -0.1) is 0 Å². The average molecular weight is 198 g/mol. The van der Waals surface area contributed by atoms with Gasteiger partial charge in [0, 0.05) is 18.6 Å². The predicted molar refractivity (Wildman–Crippen MR) is 62.6 cm³/mol. The van der Waals surface area contributed by atoms with Crippen LogP contribution in [0.2, 0.25) is 0 Å². The Morgan fingerprint density at radius 2 is 2.14 bits per heavy atom. The molecule has 0 aromatic rings. The summed E-state index contributed by atoms with van der Waals surface area (Å²) in [6.45, 7) is 9.58. The number of nitrogens with zero attached hydrogens (tertiary/aromatic N) is 1. The van der Waals surface area contributed by atoms with Crippen LogP contribution in [0.3, 0.4) is 0 Å². The highest BCUT2D eigenvalue weighted by Crippen LogP contribution is 2.19. The molecule has 2 nitrogen and oxygen atoms in total. The first-order valence-electron chi connectivity index (χ1n) is 6.10. The van der Waals surface area contributed by atoms with Gasteiger partial charge in [0.05, 0.1) is 0 Å². The van der Waals surface area contributed by atoms with E-state index in [1.54, 1.807) is 0 Å². The lowest BCUT2D eigenvalue weighted by Gasteiger charge is -2.39. The summed E-state index contributed by atoms with van der Waals surface area (Å²) in [6.07, 6.45) is 3.99. The van der Waals surface area contributed by atoms with Crippen LogP contribution in [-0.2, 0) is 0 Å². The van der Waals surface area contributed by atoms with E-state index in [1.807, 2.05) is 0 Å². The van der Waals surface area contributed by atoms with E-state index in [4.69, 9.17) is 0 Å². The lowest BCUT2D eigenvalue weighted by atomic mass is 9.96. The molecule has 1 N–H and O–H groups in total. The number of rotatable bonds is 4. The zero-order valence-electron chi connectivity index (χ0n) is 10.2. The fourth-order valence-electron chi connectivity index (χ4n) is 2.31. The second kappa shape index (κ2) is 5.72. The molecular formula is C12H26N2. The summed E-state index contributed by atoms with van der Waals surface area (Å²) in [7, 11) is 2.09. The van der Waals surface area contributed by atoms with E-state index in [1.165, 1.54) is 32.4 Å². The molecule has 1 rings (SSSR count). The van der Waals surface area contributed by atoms with E-state index in [0.717, 1.165) is 18.0 Å². The highest BCUT2D eigenvalue weighted by molar-refractivity contribution is 4.81. The molecule has 0 aromatic heterocycles. The van der Waals surface area contributed by atoms with Crippen LogP contribution in [0.1, 0.15) is 40.0 Å². The Hall–Kier alpha value is -0.0800. The largest absolute Gasteiger partial charge is 0.316 e. The number of likely N-dealkylation sites (tertiary alicyclic amines) is 1. The molecular weight excluding hydrogens is 172 g/mol. The van der Waals surface area contributed by atoms with Crippen molar-refractivity contribution < 1.29 is 0 Å². The fourth-order valence-corrected chi connectivity index (χ4v) is 2.31. The minimum absolute atomic E-state index is 0.718. The first-order valence-corrected chi connectivity index (χ1v) is 6.10. The first-order chi connectivity index (χ1) is 6.69. The number of hydrogen-bond donors (Lipinski definition) is 1. The zero-order chi connectivity index (χ0) is 10.6. The summed E-state index contributed by atoms with van der Waals surface area (Å²) in [5.41, 5.74) is 0. The van der Waals surface area contributed by atoms with Gasteiger partial charge in [-0.25, -0.2) is 0 Å². The number of piperidine rings is 1. The third-order valence-corrected chi connectivity index (χ3v) is 3.90. The maximum atomic E-state index is 3.40. The molecule has 3 atom stereocenters. The second-order valence-corrected chi connectivity index (χ2v) is 4.75. The summed E-state index contributed by atoms with van der Waals surface area (Å²) >= 11 is 0. The van der Waals surface area contributed by atoms with Crippen LogP contribution in [-0.4, -0.2) is 37.1 Å². The quantitative estimate of drug-likeness (QED) is 0.744. The van der Waals surface area contributed by atoms with Gasteiger partial charge in [-0.05, 0) is 39.3 Å². The average Bonchev–Trinajstić information content (AvgIpc) is 2.27. The van der Waals surface area contributed by atoms with Crippen LogP contribution < -0.4 is 5.32 Å². The Morgan fingerprint density at radius 1 is 1.43 bits per heavy atom. The maximum Gasteiger partial charge on any atom is 0.0192 e. The lowest BCUT2D eigenvalue weighted by Crippen LogP contribution is -2.49. The molecule has 84 valence electrons. The van der Waals surface area contributed by atoms with Crippen molar-refractivity contribution in [2.75, 3.05) is 20.1 Å². The normalized spacial score (nSPS) is 28.7. The molecule has 1 fully saturated rings. The molecule has 2 heteroatoms. The molecule has 3 unspecified atom stereocenters. The molecule has 1 heterocycles. The van der Waals surface area contributed by atoms with E-state index in [2.05, 4.69) is 38.0 Å². The monoisotopic (exact) mass is 198 g/mol. The molecule has 1 aliphatic heterocycles. The summed E-state index contributed by atoms with van der Waals surface area (Å²) in [4.78, 5) is 2.65. The van der Waals surface area contributed by atoms with E-state index in [9.17, 15) is 0 Å². The van der Waals surface area contributed by atoms with Crippen LogP contribution in [0.15, 0.2) is 0 Å². The third-order valence-electron chi connectivity index (χ3n) is 3.90. The van der Waals surface area contributed by atoms with Crippen LogP contribution in [0.5, 0.6) is 0 Å². The van der Waals surface area contributed by atoms with E-state index in [-0.39, 0.29) is 0 Å². The molecule has 1 saturated heterocycles. The highest BCUT2D eigenvalue weighted by atomic mass is 15.2. The summed E-state index contributed by atoms with van der Waals surface area (Å²) < 4.78 is 0. The highest BCUT2D eigenvalue weighted by Gasteiger charge is 2.24. The number of hydrogen-bond acceptors (Lipinski definition) is 2. The molecule has 0 aliphatic carbocycles. The zero-order valence-corrected chi connectivity index (χ0v) is 10.2. The summed E-state index contributed by atoms with van der Waals surface area (Å²) in [6, 6.07) is 1.46. The van der Waals surface area contributed by atoms with E-state index < -0.39 is 0 Å². The van der Waals surface area contributed by atoms with Gasteiger partial charge < -0.3 is 5.32 Å². The van der Waals surface area contributed by atoms with Crippen molar-refractivity contribution in [1.29, 1.82) is 0 Å². The molecule has 0 saturated carbocycles. The van der Waals surface area contributed by atoms with E-state index in [0.29, 0.717) is 0 Å². The first kappa shape index (κ1) is 12.0. The van der Waals surface area contributed by atoms with Gasteiger partial charge in [0.2, 0.25) is 0 Å². The van der Waals surface area contributed by atoms with Crippen molar-refractivity contribution in [3.05, 3.63) is 0 Å². The Balaban J connectivity index is 2.42. The molecule has 1 aliphatic rings. The summed E-state index contributed by atoms with van der Waals surface area (Å²) in [5.74, 6) is 0.825. The van der Waals surface area contributed by atoms with Gasteiger partial charge in [-0.2, -0.15) is 0 Å². The van der Waals surface area contributed by atoms with Gasteiger partial charge in [0.15, 0.2) is 0 Å². The molecule has 0 radical (unpaired) electrons. The predicted octanol–water partition coefficient (Wildman–Crippen LogP) is 2.10. The van der Waals surface area contributed by atoms with Gasteiger partial charge >= 0.3 is 0 Å². The van der Waals surface area contributed by atoms with Crippen LogP contribution in [0.25, 0.3) is 0 Å². The van der Waals surface area contributed by atoms with Crippen molar-refractivity contribution in [2.45, 2.75) is 52.1 Å². The summed E-state index contributed by atoms with van der Waals surface area (Å²) in [5, 5.41) is 3.40. The third kappa shape index (κ3) is 2.96. The van der Waals surface area contributed by atoms with Crippen LogP contribution in [0.4, 0.5) is 0 Å². The van der Waals surface area contributed by atoms with Crippen molar-refractivity contribution in [3.63, 3.8) is 0 Å². The second-order valence-electron chi connectivity index (χ2n) is 4.75. The topological polar surface area (TPSA) is 15.3 Å². The fraction of sp³-hybridized carbons (Fsp3) is 1.00. The van der Waals surface area contributed by atoms with Gasteiger partial charge in [0.1, 0.15) is 0 Å². The van der Waals surface area contributed by atoms with Crippen LogP contribution >= 0.6 is 0 Å². The van der Waals surface area contributed by atoms with Crippen molar-refractivity contribution in [2.24, 2.45) is 5.92 Å². The van der Waals surface area contributed by atoms with Crippen molar-refractivity contribution in [3.8, 4) is 0 Å².